The average molecular weight is 415 g/mol. The van der Waals surface area contributed by atoms with Gasteiger partial charge in [-0.2, -0.15) is 0 Å². The minimum atomic E-state index is 0.273. The van der Waals surface area contributed by atoms with E-state index in [9.17, 15) is 0 Å². The van der Waals surface area contributed by atoms with Gasteiger partial charge in [0.05, 0.1) is 7.11 Å². The van der Waals surface area contributed by atoms with Crippen LogP contribution in [0.25, 0.3) is 11.1 Å². The Morgan fingerprint density at radius 1 is 1.03 bits per heavy atom. The largest absolute Gasteiger partial charge is 0.493 e. The molecule has 31 heavy (non-hydrogen) atoms. The van der Waals surface area contributed by atoms with E-state index < -0.39 is 0 Å². The molecule has 0 amide bonds. The summed E-state index contributed by atoms with van der Waals surface area (Å²) in [6.07, 6.45) is 1.96. The van der Waals surface area contributed by atoms with Crippen LogP contribution in [0.1, 0.15) is 28.3 Å². The highest BCUT2D eigenvalue weighted by Crippen LogP contribution is 2.54. The van der Waals surface area contributed by atoms with Gasteiger partial charge in [-0.15, -0.1) is 0 Å². The zero-order valence-corrected chi connectivity index (χ0v) is 17.8. The molecule has 3 aromatic carbocycles. The summed E-state index contributed by atoms with van der Waals surface area (Å²) in [4.78, 5) is 2.45. The van der Waals surface area contributed by atoms with Crippen molar-refractivity contribution >= 4 is 0 Å². The van der Waals surface area contributed by atoms with Gasteiger partial charge >= 0.3 is 0 Å². The molecule has 5 nitrogen and oxygen atoms in total. The van der Waals surface area contributed by atoms with E-state index in [1.165, 1.54) is 16.7 Å². The van der Waals surface area contributed by atoms with Gasteiger partial charge in [0.15, 0.2) is 23.0 Å². The lowest BCUT2D eigenvalue weighted by molar-refractivity contribution is 0.174. The molecular formula is C26H25NO4. The standard InChI is InChI=1S/C26H25NO4/c1-27-9-8-17-11-23(28-2)26(29-14-16-6-4-3-5-7-16)25-19-13-22-21(30-15-31-22)12-18(19)10-20(27)24(17)25/h3-7,11-13,20H,8-10,14-15H2,1-2H3. The first-order valence-electron chi connectivity index (χ1n) is 10.8. The molecule has 3 aliphatic rings. The van der Waals surface area contributed by atoms with Gasteiger partial charge in [0.2, 0.25) is 6.79 Å². The van der Waals surface area contributed by atoms with Crippen LogP contribution in [0.15, 0.2) is 48.5 Å². The zero-order chi connectivity index (χ0) is 20.9. The minimum absolute atomic E-state index is 0.273. The van der Waals surface area contributed by atoms with Crippen LogP contribution in [-0.4, -0.2) is 32.4 Å². The third-order valence-corrected chi connectivity index (χ3v) is 6.70. The second kappa shape index (κ2) is 7.20. The summed E-state index contributed by atoms with van der Waals surface area (Å²) in [5.41, 5.74) is 7.41. The number of fused-ring (bicyclic) bond motifs is 3. The van der Waals surface area contributed by atoms with E-state index in [2.05, 4.69) is 42.3 Å². The number of ether oxygens (including phenoxy) is 4. The number of methoxy groups -OCH3 is 1. The molecular weight excluding hydrogens is 390 g/mol. The summed E-state index contributed by atoms with van der Waals surface area (Å²) in [5.74, 6) is 3.23. The first kappa shape index (κ1) is 18.6. The van der Waals surface area contributed by atoms with Gasteiger partial charge in [-0.3, -0.25) is 4.90 Å². The summed E-state index contributed by atoms with van der Waals surface area (Å²) in [7, 11) is 3.93. The monoisotopic (exact) mass is 415 g/mol. The predicted molar refractivity (Wildman–Crippen MR) is 118 cm³/mol. The number of nitrogens with zero attached hydrogens (tertiary/aromatic N) is 1. The molecule has 0 saturated carbocycles. The van der Waals surface area contributed by atoms with Gasteiger partial charge in [0.25, 0.3) is 0 Å². The Morgan fingerprint density at radius 2 is 1.84 bits per heavy atom. The van der Waals surface area contributed by atoms with Crippen molar-refractivity contribution < 1.29 is 18.9 Å². The lowest BCUT2D eigenvalue weighted by atomic mass is 9.76. The van der Waals surface area contributed by atoms with E-state index >= 15 is 0 Å². The van der Waals surface area contributed by atoms with Gasteiger partial charge in [-0.05, 0) is 65.9 Å². The molecule has 0 aromatic heterocycles. The van der Waals surface area contributed by atoms with Gasteiger partial charge < -0.3 is 18.9 Å². The number of likely N-dealkylation sites (N-methyl/N-ethyl adjacent to an activating group) is 1. The molecule has 2 aliphatic heterocycles. The smallest absolute Gasteiger partial charge is 0.231 e. The van der Waals surface area contributed by atoms with Crippen LogP contribution in [0, 0.1) is 0 Å². The molecule has 0 fully saturated rings. The van der Waals surface area contributed by atoms with Gasteiger partial charge in [-0.25, -0.2) is 0 Å². The highest BCUT2D eigenvalue weighted by molar-refractivity contribution is 5.85. The molecule has 3 aromatic rings. The van der Waals surface area contributed by atoms with E-state index in [0.29, 0.717) is 12.6 Å². The Morgan fingerprint density at radius 3 is 2.65 bits per heavy atom. The third-order valence-electron chi connectivity index (χ3n) is 6.70. The highest BCUT2D eigenvalue weighted by Gasteiger charge is 2.37. The molecule has 0 spiro atoms. The quantitative estimate of drug-likeness (QED) is 0.615. The Balaban J connectivity index is 1.56. The molecule has 6 rings (SSSR count). The number of rotatable bonds is 4. The summed E-state index contributed by atoms with van der Waals surface area (Å²) < 4.78 is 23.7. The summed E-state index contributed by atoms with van der Waals surface area (Å²) in [5, 5.41) is 0. The molecule has 1 unspecified atom stereocenters. The van der Waals surface area contributed by atoms with Crippen LogP contribution in [0.2, 0.25) is 0 Å². The zero-order valence-electron chi connectivity index (χ0n) is 17.8. The van der Waals surface area contributed by atoms with Crippen molar-refractivity contribution in [2.75, 3.05) is 27.5 Å². The van der Waals surface area contributed by atoms with Crippen LogP contribution in [0.3, 0.4) is 0 Å². The third kappa shape index (κ3) is 2.95. The Labute approximate surface area is 182 Å². The van der Waals surface area contributed by atoms with Gasteiger partial charge in [-0.1, -0.05) is 30.3 Å². The SMILES string of the molecule is COc1cc2c3c(c1OCc1ccccc1)-c1cc4c(cc1CC3N(C)CC2)OCO4. The first-order chi connectivity index (χ1) is 15.2. The Kier molecular flexibility index (Phi) is 4.32. The normalized spacial score (nSPS) is 18.3. The lowest BCUT2D eigenvalue weighted by Gasteiger charge is -2.40. The van der Waals surface area contributed by atoms with Crippen molar-refractivity contribution in [1.29, 1.82) is 0 Å². The molecule has 1 atom stereocenters. The molecule has 2 heterocycles. The fourth-order valence-electron chi connectivity index (χ4n) is 5.11. The van der Waals surface area contributed by atoms with Crippen molar-refractivity contribution in [3.05, 3.63) is 70.8 Å². The molecule has 158 valence electrons. The predicted octanol–water partition coefficient (Wildman–Crippen LogP) is 4.76. The van der Waals surface area contributed by atoms with Gasteiger partial charge in [0.1, 0.15) is 6.61 Å². The summed E-state index contributed by atoms with van der Waals surface area (Å²) in [6, 6.07) is 17.0. The lowest BCUT2D eigenvalue weighted by Crippen LogP contribution is -2.35. The maximum atomic E-state index is 6.48. The fourth-order valence-corrected chi connectivity index (χ4v) is 5.11. The van der Waals surface area contributed by atoms with Crippen LogP contribution in [-0.2, 0) is 19.4 Å². The molecule has 0 N–H and O–H groups in total. The van der Waals surface area contributed by atoms with Crippen LogP contribution >= 0.6 is 0 Å². The van der Waals surface area contributed by atoms with Crippen molar-refractivity contribution in [2.45, 2.75) is 25.5 Å². The second-order valence-corrected chi connectivity index (χ2v) is 8.44. The molecule has 0 radical (unpaired) electrons. The van der Waals surface area contributed by atoms with E-state index in [1.54, 1.807) is 7.11 Å². The van der Waals surface area contributed by atoms with Crippen LogP contribution < -0.4 is 18.9 Å². The van der Waals surface area contributed by atoms with Crippen molar-refractivity contribution in [3.8, 4) is 34.1 Å². The maximum absolute atomic E-state index is 6.48. The number of hydrogen-bond donors (Lipinski definition) is 0. The molecule has 0 bridgehead atoms. The summed E-state index contributed by atoms with van der Waals surface area (Å²) >= 11 is 0. The Bertz CT molecular complexity index is 1160. The van der Waals surface area contributed by atoms with Crippen molar-refractivity contribution in [3.63, 3.8) is 0 Å². The molecule has 1 aliphatic carbocycles. The van der Waals surface area contributed by atoms with E-state index in [4.69, 9.17) is 18.9 Å². The average Bonchev–Trinajstić information content (AvgIpc) is 3.26. The minimum Gasteiger partial charge on any atom is -0.493 e. The second-order valence-electron chi connectivity index (χ2n) is 8.44. The van der Waals surface area contributed by atoms with E-state index in [-0.39, 0.29) is 6.79 Å². The highest BCUT2D eigenvalue weighted by atomic mass is 16.7. The van der Waals surface area contributed by atoms with Crippen molar-refractivity contribution in [2.24, 2.45) is 0 Å². The molecule has 5 heteroatoms. The van der Waals surface area contributed by atoms with Crippen LogP contribution in [0.5, 0.6) is 23.0 Å². The molecule has 0 saturated heterocycles. The van der Waals surface area contributed by atoms with E-state index in [1.807, 2.05) is 18.2 Å². The van der Waals surface area contributed by atoms with Gasteiger partial charge in [0, 0.05) is 18.2 Å². The number of hydrogen-bond acceptors (Lipinski definition) is 5. The first-order valence-corrected chi connectivity index (χ1v) is 10.8. The number of benzene rings is 3. The Hall–Kier alpha value is -3.18. The van der Waals surface area contributed by atoms with E-state index in [0.717, 1.165) is 59.1 Å². The van der Waals surface area contributed by atoms with Crippen molar-refractivity contribution in [1.82, 2.24) is 4.90 Å². The fraction of sp³-hybridized carbons (Fsp3) is 0.308. The maximum Gasteiger partial charge on any atom is 0.231 e. The van der Waals surface area contributed by atoms with Crippen LogP contribution in [0.4, 0.5) is 0 Å². The summed E-state index contributed by atoms with van der Waals surface area (Å²) in [6.45, 7) is 1.79. The topological polar surface area (TPSA) is 40.2 Å².